The van der Waals surface area contributed by atoms with E-state index in [0.717, 1.165) is 17.1 Å². The van der Waals surface area contributed by atoms with Crippen LogP contribution in [0.25, 0.3) is 32.7 Å². The number of nitrogens with one attached hydrogen (secondary N) is 2. The van der Waals surface area contributed by atoms with Crippen LogP contribution in [0.15, 0.2) is 35.3 Å². The average molecular weight is 331 g/mol. The van der Waals surface area contributed by atoms with Gasteiger partial charge in [-0.2, -0.15) is 0 Å². The topological polar surface area (TPSA) is 53.2 Å². The second-order valence-corrected chi connectivity index (χ2v) is 7.66. The highest BCUT2D eigenvalue weighted by Crippen LogP contribution is 2.36. The Bertz CT molecular complexity index is 1190. The lowest BCUT2D eigenvalue weighted by atomic mass is 10.0. The van der Waals surface area contributed by atoms with Crippen molar-refractivity contribution in [2.75, 3.05) is 6.61 Å². The number of ether oxygens (including phenoxy) is 1. The maximum absolute atomic E-state index is 5.86. The van der Waals surface area contributed by atoms with E-state index in [1.807, 2.05) is 0 Å². The first-order valence-electron chi connectivity index (χ1n) is 8.70. The highest BCUT2D eigenvalue weighted by atomic mass is 16.5. The zero-order valence-electron chi connectivity index (χ0n) is 14.9. The number of rotatable bonds is 1. The van der Waals surface area contributed by atoms with Crippen molar-refractivity contribution in [1.82, 2.24) is 9.97 Å². The number of nitrogens with zero attached hydrogens (tertiary/aromatic N) is 1. The molecule has 2 aromatic carbocycles. The normalized spacial score (nSPS) is 16.7. The van der Waals surface area contributed by atoms with E-state index in [-0.39, 0.29) is 5.54 Å². The lowest BCUT2D eigenvalue weighted by Gasteiger charge is -2.07. The van der Waals surface area contributed by atoms with Crippen LogP contribution in [-0.4, -0.2) is 28.0 Å². The van der Waals surface area contributed by atoms with Crippen LogP contribution in [0.2, 0.25) is 0 Å². The molecule has 0 atom stereocenters. The maximum Gasteiger partial charge on any atom is 0.234 e. The highest BCUT2D eigenvalue weighted by molar-refractivity contribution is 6.15. The smallest absolute Gasteiger partial charge is 0.234 e. The van der Waals surface area contributed by atoms with Crippen molar-refractivity contribution in [1.29, 1.82) is 0 Å². The summed E-state index contributed by atoms with van der Waals surface area (Å²) in [5.41, 5.74) is 6.83. The Hall–Kier alpha value is -2.75. The van der Waals surface area contributed by atoms with Gasteiger partial charge in [-0.05, 0) is 51.0 Å². The maximum atomic E-state index is 5.86. The monoisotopic (exact) mass is 331 g/mol. The SMILES string of the molecule is Cc1c(C2=NC(C)(C)CO2)[nH]c2cc3c([nH]c4ccccc43)c(C)c12. The van der Waals surface area contributed by atoms with Crippen molar-refractivity contribution in [3.8, 4) is 0 Å². The molecule has 0 bridgehead atoms. The molecule has 0 unspecified atom stereocenters. The van der Waals surface area contributed by atoms with E-state index < -0.39 is 0 Å². The van der Waals surface area contributed by atoms with Crippen LogP contribution < -0.4 is 0 Å². The Morgan fingerprint density at radius 2 is 1.80 bits per heavy atom. The molecule has 0 fully saturated rings. The summed E-state index contributed by atoms with van der Waals surface area (Å²) in [5.74, 6) is 0.728. The number of aromatic nitrogens is 2. The number of aromatic amines is 2. The van der Waals surface area contributed by atoms with E-state index in [4.69, 9.17) is 9.73 Å². The molecular formula is C21H21N3O. The fraction of sp³-hybridized carbons (Fsp3) is 0.286. The van der Waals surface area contributed by atoms with Crippen LogP contribution in [0, 0.1) is 13.8 Å². The number of aryl methyl sites for hydroxylation is 2. The number of aliphatic imine (C=N–C) groups is 1. The highest BCUT2D eigenvalue weighted by Gasteiger charge is 2.29. The van der Waals surface area contributed by atoms with E-state index in [0.29, 0.717) is 6.61 Å². The Balaban J connectivity index is 1.84. The van der Waals surface area contributed by atoms with Crippen molar-refractivity contribution in [3.05, 3.63) is 47.2 Å². The standard InChI is InChI=1S/C21H21N3O/c1-11-17-12(2)19(20-24-21(3,4)10-25-20)23-16(17)9-14-13-7-5-6-8-15(13)22-18(11)14/h5-9,22-23H,10H2,1-4H3. The number of para-hydroxylation sites is 1. The first kappa shape index (κ1) is 14.6. The molecule has 0 saturated heterocycles. The van der Waals surface area contributed by atoms with Gasteiger partial charge < -0.3 is 14.7 Å². The molecule has 0 spiro atoms. The lowest BCUT2D eigenvalue weighted by molar-refractivity contribution is 0.279. The number of hydrogen-bond donors (Lipinski definition) is 2. The zero-order chi connectivity index (χ0) is 17.3. The van der Waals surface area contributed by atoms with Crippen molar-refractivity contribution in [3.63, 3.8) is 0 Å². The molecule has 0 radical (unpaired) electrons. The Kier molecular flexibility index (Phi) is 2.72. The van der Waals surface area contributed by atoms with Gasteiger partial charge in [0.05, 0.1) is 11.1 Å². The number of H-pyrrole nitrogens is 2. The van der Waals surface area contributed by atoms with E-state index >= 15 is 0 Å². The van der Waals surface area contributed by atoms with Crippen LogP contribution in [-0.2, 0) is 4.74 Å². The molecule has 2 aromatic heterocycles. The van der Waals surface area contributed by atoms with Gasteiger partial charge in [0.25, 0.3) is 0 Å². The second-order valence-electron chi connectivity index (χ2n) is 7.66. The molecule has 1 aliphatic rings. The van der Waals surface area contributed by atoms with Crippen LogP contribution in [0.4, 0.5) is 0 Å². The van der Waals surface area contributed by atoms with Gasteiger partial charge in [0, 0.05) is 27.2 Å². The van der Waals surface area contributed by atoms with E-state index in [1.165, 1.54) is 38.3 Å². The third kappa shape index (κ3) is 1.97. The third-order valence-corrected chi connectivity index (χ3v) is 5.24. The van der Waals surface area contributed by atoms with Gasteiger partial charge in [-0.1, -0.05) is 18.2 Å². The largest absolute Gasteiger partial charge is 0.474 e. The molecule has 0 amide bonds. The van der Waals surface area contributed by atoms with Gasteiger partial charge in [0.15, 0.2) is 0 Å². The Morgan fingerprint density at radius 1 is 1.00 bits per heavy atom. The molecule has 4 aromatic rings. The number of benzene rings is 2. The molecule has 25 heavy (non-hydrogen) atoms. The first-order chi connectivity index (χ1) is 11.9. The molecule has 2 N–H and O–H groups in total. The molecule has 1 aliphatic heterocycles. The molecular weight excluding hydrogens is 310 g/mol. The number of fused-ring (bicyclic) bond motifs is 4. The summed E-state index contributed by atoms with van der Waals surface area (Å²) in [7, 11) is 0. The van der Waals surface area contributed by atoms with Gasteiger partial charge in [0.2, 0.25) is 5.90 Å². The minimum atomic E-state index is -0.156. The predicted molar refractivity (Wildman–Crippen MR) is 104 cm³/mol. The van der Waals surface area contributed by atoms with Gasteiger partial charge in [-0.15, -0.1) is 0 Å². The molecule has 126 valence electrons. The summed E-state index contributed by atoms with van der Waals surface area (Å²) in [6.45, 7) is 9.15. The quantitative estimate of drug-likeness (QED) is 0.508. The lowest BCUT2D eigenvalue weighted by Crippen LogP contribution is -2.17. The molecule has 5 rings (SSSR count). The van der Waals surface area contributed by atoms with E-state index in [9.17, 15) is 0 Å². The van der Waals surface area contributed by atoms with Crippen LogP contribution >= 0.6 is 0 Å². The summed E-state index contributed by atoms with van der Waals surface area (Å²) < 4.78 is 5.86. The summed E-state index contributed by atoms with van der Waals surface area (Å²) >= 11 is 0. The molecule has 4 nitrogen and oxygen atoms in total. The summed E-state index contributed by atoms with van der Waals surface area (Å²) in [4.78, 5) is 11.9. The van der Waals surface area contributed by atoms with Crippen molar-refractivity contribution < 1.29 is 4.74 Å². The van der Waals surface area contributed by atoms with Crippen molar-refractivity contribution >= 4 is 38.6 Å². The van der Waals surface area contributed by atoms with E-state index in [1.54, 1.807) is 0 Å². The van der Waals surface area contributed by atoms with Crippen LogP contribution in [0.5, 0.6) is 0 Å². The Morgan fingerprint density at radius 3 is 2.56 bits per heavy atom. The fourth-order valence-electron chi connectivity index (χ4n) is 4.01. The van der Waals surface area contributed by atoms with Crippen molar-refractivity contribution in [2.45, 2.75) is 33.2 Å². The fourth-order valence-corrected chi connectivity index (χ4v) is 4.01. The summed E-state index contributed by atoms with van der Waals surface area (Å²) in [5, 5.41) is 3.76. The summed E-state index contributed by atoms with van der Waals surface area (Å²) in [6, 6.07) is 10.7. The summed E-state index contributed by atoms with van der Waals surface area (Å²) in [6.07, 6.45) is 0. The van der Waals surface area contributed by atoms with E-state index in [2.05, 4.69) is 68.0 Å². The molecule has 4 heteroatoms. The van der Waals surface area contributed by atoms with Gasteiger partial charge in [0.1, 0.15) is 12.3 Å². The Labute approximate surface area is 145 Å². The predicted octanol–water partition coefficient (Wildman–Crippen LogP) is 4.97. The van der Waals surface area contributed by atoms with Gasteiger partial charge >= 0.3 is 0 Å². The minimum absolute atomic E-state index is 0.156. The minimum Gasteiger partial charge on any atom is -0.474 e. The average Bonchev–Trinajstić information content (AvgIpc) is 3.22. The molecule has 3 heterocycles. The van der Waals surface area contributed by atoms with Gasteiger partial charge in [-0.3, -0.25) is 0 Å². The zero-order valence-corrected chi connectivity index (χ0v) is 14.9. The molecule has 0 aliphatic carbocycles. The van der Waals surface area contributed by atoms with Crippen LogP contribution in [0.1, 0.15) is 30.7 Å². The third-order valence-electron chi connectivity index (χ3n) is 5.24. The number of hydrogen-bond acceptors (Lipinski definition) is 2. The van der Waals surface area contributed by atoms with Crippen molar-refractivity contribution in [2.24, 2.45) is 4.99 Å². The molecule has 0 saturated carbocycles. The second kappa shape index (κ2) is 4.66. The first-order valence-corrected chi connectivity index (χ1v) is 8.70. The van der Waals surface area contributed by atoms with Crippen LogP contribution in [0.3, 0.4) is 0 Å². The van der Waals surface area contributed by atoms with Gasteiger partial charge in [-0.25, -0.2) is 4.99 Å².